The molecule has 0 unspecified atom stereocenters. The van der Waals surface area contributed by atoms with Crippen molar-refractivity contribution >= 4 is 63.3 Å². The average Bonchev–Trinajstić information content (AvgIpc) is 1.58. The first-order chi connectivity index (χ1) is 59.8. The minimum Gasteiger partial charge on any atom is -0.618 e. The van der Waals surface area contributed by atoms with E-state index in [1.807, 2.05) is 268 Å². The summed E-state index contributed by atoms with van der Waals surface area (Å²) in [5, 5.41) is 31.5. The van der Waals surface area contributed by atoms with E-state index >= 15 is 0 Å². The average molecular weight is 2200 g/mol. The monoisotopic (exact) mass is 2200 g/mol. The number of para-hydroxylation sites is 1. The molecule has 0 amide bonds. The molecule has 0 saturated carbocycles. The van der Waals surface area contributed by atoms with Crippen LogP contribution in [0.25, 0.3) is 121 Å². The molecule has 0 bridgehead atoms. The predicted octanol–water partition coefficient (Wildman–Crippen LogP) is 24.0. The molecule has 612 valence electrons. The number of fused-ring (bicyclic) bond motifs is 9. The van der Waals surface area contributed by atoms with Crippen LogP contribution in [0.3, 0.4) is 0 Å². The Balaban J connectivity index is 0.000000140. The maximum Gasteiger partial charge on any atom is 3.00 e. The predicted molar refractivity (Wildman–Crippen MR) is 478 cm³/mol. The Morgan fingerprint density at radius 2 is 0.712 bits per heavy atom. The van der Waals surface area contributed by atoms with E-state index < -0.39 is 9.84 Å². The van der Waals surface area contributed by atoms with E-state index in [4.69, 9.17) is 37.9 Å². The molecule has 0 spiro atoms. The Labute approximate surface area is 774 Å². The van der Waals surface area contributed by atoms with E-state index in [-0.39, 0.29) is 67.1 Å². The minimum absolute atomic E-state index is 0. The molecular formula is C105H66Au3N9O6S2. The smallest absolute Gasteiger partial charge is 0.618 e. The van der Waals surface area contributed by atoms with Gasteiger partial charge in [0.05, 0.1) is 9.79 Å². The zero-order valence-corrected chi connectivity index (χ0v) is 74.7. The van der Waals surface area contributed by atoms with Crippen LogP contribution in [0.15, 0.2) is 360 Å². The van der Waals surface area contributed by atoms with Crippen molar-refractivity contribution in [2.45, 2.75) is 30.6 Å². The summed E-state index contributed by atoms with van der Waals surface area (Å²) in [6, 6.07) is 113. The van der Waals surface area contributed by atoms with Gasteiger partial charge in [0.15, 0.2) is 0 Å². The van der Waals surface area contributed by atoms with Crippen LogP contribution >= 0.6 is 11.3 Å². The maximum absolute atomic E-state index is 12.9. The summed E-state index contributed by atoms with van der Waals surface area (Å²) in [5.74, 6) is 10.1. The van der Waals surface area contributed by atoms with Crippen molar-refractivity contribution in [2.24, 2.45) is 0 Å². The number of hydrogen-bond acceptors (Lipinski definition) is 13. The van der Waals surface area contributed by atoms with Crippen molar-refractivity contribution in [3.63, 3.8) is 0 Å². The van der Waals surface area contributed by atoms with Gasteiger partial charge in [-0.3, -0.25) is 17.8 Å². The number of hydrogen-bond donors (Lipinski definition) is 0. The first-order valence-corrected chi connectivity index (χ1v) is 40.7. The van der Waals surface area contributed by atoms with Gasteiger partial charge in [0.1, 0.15) is 11.2 Å². The van der Waals surface area contributed by atoms with E-state index in [2.05, 4.69) is 143 Å². The molecule has 12 aromatic carbocycles. The second-order valence-electron chi connectivity index (χ2n) is 27.5. The van der Waals surface area contributed by atoms with E-state index in [0.717, 1.165) is 111 Å². The summed E-state index contributed by atoms with van der Waals surface area (Å²) in [5.41, 5.74) is 18.5. The Bertz CT molecular complexity index is 7000. The molecule has 0 N–H and O–H groups in total. The molecule has 125 heavy (non-hydrogen) atoms. The van der Waals surface area contributed by atoms with Crippen molar-refractivity contribution in [3.05, 3.63) is 417 Å². The Morgan fingerprint density at radius 1 is 0.344 bits per heavy atom. The number of pyridine rings is 3. The van der Waals surface area contributed by atoms with Gasteiger partial charge in [0, 0.05) is 113 Å². The molecular weight excluding hydrogens is 2140 g/mol. The molecule has 1 aliphatic rings. The molecule has 0 aliphatic carbocycles. The van der Waals surface area contributed by atoms with Gasteiger partial charge < -0.3 is 68.5 Å². The fraction of sp³-hybridized carbons (Fsp3) is 0.0286. The number of aromatic nitrogens is 9. The Kier molecular flexibility index (Phi) is 29.6. The number of nitrogens with zero attached hydrogens (tertiary/aromatic N) is 9. The van der Waals surface area contributed by atoms with E-state index in [0.29, 0.717) is 67.2 Å². The normalized spacial score (nSPS) is 10.9. The van der Waals surface area contributed by atoms with Crippen LogP contribution in [0.5, 0.6) is 34.9 Å². The Hall–Kier alpha value is -14.0. The summed E-state index contributed by atoms with van der Waals surface area (Å²) in [6.45, 7) is 6.03. The van der Waals surface area contributed by atoms with Crippen LogP contribution in [0.1, 0.15) is 33.4 Å². The van der Waals surface area contributed by atoms with Crippen molar-refractivity contribution in [2.75, 3.05) is 0 Å². The van der Waals surface area contributed by atoms with Gasteiger partial charge in [0.2, 0.25) is 27.5 Å². The molecule has 0 saturated heterocycles. The fourth-order valence-electron chi connectivity index (χ4n) is 13.6. The number of furan rings is 1. The number of rotatable bonds is 12. The third-order valence-corrected chi connectivity index (χ3v) is 22.6. The molecule has 1 aliphatic heterocycles. The number of benzene rings is 12. The number of sulfone groups is 1. The van der Waals surface area contributed by atoms with Gasteiger partial charge in [-0.05, 0) is 116 Å². The molecule has 20 aromatic rings. The number of ether oxygens (including phenoxy) is 3. The second-order valence-corrected chi connectivity index (χ2v) is 30.4. The van der Waals surface area contributed by atoms with Gasteiger partial charge >= 0.3 is 67.1 Å². The summed E-state index contributed by atoms with van der Waals surface area (Å²) in [7, 11) is -3.50. The molecule has 9 heterocycles. The molecule has 20 heteroatoms. The summed E-state index contributed by atoms with van der Waals surface area (Å²) < 4.78 is 51.8. The molecule has 0 radical (unpaired) electrons. The van der Waals surface area contributed by atoms with Gasteiger partial charge in [-0.25, -0.2) is 40.5 Å². The van der Waals surface area contributed by atoms with Crippen molar-refractivity contribution in [3.8, 4) is 131 Å². The van der Waals surface area contributed by atoms with Crippen LogP contribution in [-0.4, -0.2) is 38.7 Å². The van der Waals surface area contributed by atoms with Crippen molar-refractivity contribution in [1.82, 2.24) is 45.5 Å². The quantitative estimate of drug-likeness (QED) is 0.0636. The molecule has 0 atom stereocenters. The first kappa shape index (κ1) is 88.8. The summed E-state index contributed by atoms with van der Waals surface area (Å²) in [4.78, 5) is 13.3. The number of thiophene rings is 1. The standard InChI is InChI=1S/C27H17N3O3S.C27H17N3O2.C27H17N3OS.3C8H5.3Au/c1-17-26(18-7-6-8-20(15-18)33-25-11-4-5-14-28-25)29-30-27(17)19-12-13-24-22(16-19)21-9-2-3-10-23(21)34(24,31)32;2*1-17-26(18-7-6-8-20(15-18)31-25-11-4-5-14-28-25)29-30-27(17)19-12-13-24-22(16-19)21-9-2-3-10-23(21)32-24;3*1-2-8-6-4-3-5-7-8;;;/h2-14,16H,1H3;2*2-14,16H,1H3;3*3-7H;;;/q3*-2;3*-1;3*+3. The molecule has 8 aromatic heterocycles. The van der Waals surface area contributed by atoms with Gasteiger partial charge in [0.25, 0.3) is 0 Å². The van der Waals surface area contributed by atoms with Crippen molar-refractivity contribution < 1.29 is 94.2 Å². The molecule has 15 nitrogen and oxygen atoms in total. The Morgan fingerprint density at radius 3 is 1.16 bits per heavy atom. The topological polar surface area (TPSA) is 195 Å². The van der Waals surface area contributed by atoms with Crippen LogP contribution in [0.4, 0.5) is 0 Å². The SMILES string of the molecule is Cc1c(-c2ccc3c(c2)-c2ccccc2S3(=O)=O)n[n-]c1-c1[c-]c(Oc2ccccn2)ccc1.Cc1c(-c2ccc3oc4ccccc4c3c2)n[n-]c1-c1[c-]c(Oc2ccccn2)ccc1.Cc1c(-c2ccc3sc4ccccc4c3c2)n[n-]c1-c1[c-]c(Oc2ccccn2)ccc1.[Au+3].[Au+3].[Au+3].[C-]#Cc1ccccc1.[C-]#Cc1ccccc1.[C-]#Cc1ccccc1. The van der Waals surface area contributed by atoms with Crippen LogP contribution in [-0.2, 0) is 77.0 Å². The van der Waals surface area contributed by atoms with E-state index in [1.54, 1.807) is 48.9 Å². The van der Waals surface area contributed by atoms with Gasteiger partial charge in [-0.1, -0.05) is 174 Å². The van der Waals surface area contributed by atoms with Crippen LogP contribution < -0.4 is 29.5 Å². The molecule has 21 rings (SSSR count). The third-order valence-electron chi connectivity index (χ3n) is 19.6. The van der Waals surface area contributed by atoms with Crippen LogP contribution in [0.2, 0.25) is 0 Å². The minimum atomic E-state index is -3.50. The second kappa shape index (κ2) is 41.7. The summed E-state index contributed by atoms with van der Waals surface area (Å²) in [6.07, 6.45) is 25.1. The molecule has 0 fully saturated rings. The van der Waals surface area contributed by atoms with E-state index in [1.165, 1.54) is 20.2 Å². The third kappa shape index (κ3) is 20.7. The van der Waals surface area contributed by atoms with Gasteiger partial charge in [-0.2, -0.15) is 16.7 Å². The van der Waals surface area contributed by atoms with E-state index in [9.17, 15) is 8.42 Å². The zero-order valence-electron chi connectivity index (χ0n) is 66.6. The zero-order chi connectivity index (χ0) is 83.7. The van der Waals surface area contributed by atoms with Crippen LogP contribution in [0, 0.1) is 76.0 Å². The summed E-state index contributed by atoms with van der Waals surface area (Å²) >= 11 is 1.81. The maximum atomic E-state index is 12.9. The first-order valence-electron chi connectivity index (χ1n) is 38.4. The van der Waals surface area contributed by atoms with Gasteiger partial charge in [-0.15, -0.1) is 119 Å². The fourth-order valence-corrected chi connectivity index (χ4v) is 16.4. The largest absolute Gasteiger partial charge is 3.00 e. The van der Waals surface area contributed by atoms with Crippen molar-refractivity contribution in [1.29, 1.82) is 0 Å².